The minimum absolute atomic E-state index is 0.0566. The summed E-state index contributed by atoms with van der Waals surface area (Å²) in [4.78, 5) is 15.1. The molecule has 1 aromatic rings. The van der Waals surface area contributed by atoms with Crippen molar-refractivity contribution in [3.8, 4) is 0 Å². The van der Waals surface area contributed by atoms with Crippen molar-refractivity contribution in [3.05, 3.63) is 30.1 Å². The van der Waals surface area contributed by atoms with Gasteiger partial charge in [0.25, 0.3) is 0 Å². The van der Waals surface area contributed by atoms with Crippen LogP contribution in [0.1, 0.15) is 37.3 Å². The topological polar surface area (TPSA) is 56.0 Å². The van der Waals surface area contributed by atoms with Gasteiger partial charge >= 0.3 is 0 Å². The Hall–Kier alpha value is -1.22. The Bertz CT molecular complexity index is 327. The van der Waals surface area contributed by atoms with Crippen molar-refractivity contribution in [1.82, 2.24) is 4.98 Å². The molecule has 0 bridgehead atoms. The van der Waals surface area contributed by atoms with Crippen molar-refractivity contribution in [2.45, 2.75) is 31.7 Å². The van der Waals surface area contributed by atoms with Gasteiger partial charge in [-0.1, -0.05) is 0 Å². The molecule has 1 unspecified atom stereocenters. The molecule has 0 radical (unpaired) electrons. The van der Waals surface area contributed by atoms with Gasteiger partial charge in [-0.3, -0.25) is 9.78 Å². The van der Waals surface area contributed by atoms with Crippen molar-refractivity contribution in [1.29, 1.82) is 0 Å². The lowest BCUT2D eigenvalue weighted by molar-refractivity contribution is -0.121. The summed E-state index contributed by atoms with van der Waals surface area (Å²) in [6, 6.07) is 3.98. The maximum atomic E-state index is 11.1. The second kappa shape index (κ2) is 4.53. The van der Waals surface area contributed by atoms with Crippen LogP contribution in [0.25, 0.3) is 0 Å². The number of hydrogen-bond acceptors (Lipinski definition) is 3. The number of carbonyl (C=O) groups excluding carboxylic acids is 1. The standard InChI is InChI=1S/C12H16N2O/c13-12(10-5-7-14-8-6-10)9-1-3-11(15)4-2-9/h5-9,12H,1-4,13H2. The van der Waals surface area contributed by atoms with E-state index in [4.69, 9.17) is 5.73 Å². The summed E-state index contributed by atoms with van der Waals surface area (Å²) in [6.07, 6.45) is 6.80. The molecule has 1 aliphatic rings. The van der Waals surface area contributed by atoms with E-state index in [1.54, 1.807) is 12.4 Å². The molecule has 0 aromatic carbocycles. The van der Waals surface area contributed by atoms with Crippen molar-refractivity contribution < 1.29 is 4.79 Å². The van der Waals surface area contributed by atoms with Gasteiger partial charge in [0.1, 0.15) is 5.78 Å². The van der Waals surface area contributed by atoms with Gasteiger partial charge in [-0.25, -0.2) is 0 Å². The van der Waals surface area contributed by atoms with Crippen molar-refractivity contribution >= 4 is 5.78 Å². The fraction of sp³-hybridized carbons (Fsp3) is 0.500. The minimum atomic E-state index is 0.0566. The van der Waals surface area contributed by atoms with Crippen molar-refractivity contribution in [2.24, 2.45) is 11.7 Å². The molecule has 0 amide bonds. The molecule has 1 fully saturated rings. The third-order valence-corrected chi connectivity index (χ3v) is 3.19. The zero-order valence-electron chi connectivity index (χ0n) is 8.73. The van der Waals surface area contributed by atoms with Gasteiger partial charge in [-0.2, -0.15) is 0 Å². The predicted molar refractivity (Wildman–Crippen MR) is 58.1 cm³/mol. The van der Waals surface area contributed by atoms with Gasteiger partial charge in [-0.15, -0.1) is 0 Å². The second-order valence-corrected chi connectivity index (χ2v) is 4.18. The number of nitrogens with two attached hydrogens (primary N) is 1. The summed E-state index contributed by atoms with van der Waals surface area (Å²) in [5, 5.41) is 0. The lowest BCUT2D eigenvalue weighted by Gasteiger charge is -2.27. The Morgan fingerprint density at radius 1 is 1.27 bits per heavy atom. The number of rotatable bonds is 2. The lowest BCUT2D eigenvalue weighted by atomic mass is 9.81. The van der Waals surface area contributed by atoms with Crippen LogP contribution in [0.4, 0.5) is 0 Å². The van der Waals surface area contributed by atoms with Crippen molar-refractivity contribution in [2.75, 3.05) is 0 Å². The Morgan fingerprint density at radius 3 is 2.47 bits per heavy atom. The molecular weight excluding hydrogens is 188 g/mol. The van der Waals surface area contributed by atoms with E-state index in [1.165, 1.54) is 0 Å². The number of nitrogens with zero attached hydrogens (tertiary/aromatic N) is 1. The van der Waals surface area contributed by atoms with Crippen LogP contribution in [-0.2, 0) is 4.79 Å². The second-order valence-electron chi connectivity index (χ2n) is 4.18. The van der Waals surface area contributed by atoms with E-state index in [-0.39, 0.29) is 6.04 Å². The van der Waals surface area contributed by atoms with Gasteiger partial charge in [-0.05, 0) is 36.5 Å². The molecule has 0 saturated heterocycles. The molecule has 1 aliphatic carbocycles. The summed E-state index contributed by atoms with van der Waals surface area (Å²) >= 11 is 0. The number of aromatic nitrogens is 1. The maximum absolute atomic E-state index is 11.1. The average molecular weight is 204 g/mol. The van der Waals surface area contributed by atoms with Crippen LogP contribution >= 0.6 is 0 Å². The van der Waals surface area contributed by atoms with E-state index in [2.05, 4.69) is 4.98 Å². The van der Waals surface area contributed by atoms with E-state index in [0.717, 1.165) is 18.4 Å². The number of Topliss-reactive ketones (excluding diaryl/α,β-unsaturated/α-hetero) is 1. The Balaban J connectivity index is 2.02. The molecule has 3 nitrogen and oxygen atoms in total. The molecule has 0 aliphatic heterocycles. The first-order valence-corrected chi connectivity index (χ1v) is 5.44. The van der Waals surface area contributed by atoms with Crippen LogP contribution in [0.5, 0.6) is 0 Å². The highest BCUT2D eigenvalue weighted by atomic mass is 16.1. The third-order valence-electron chi connectivity index (χ3n) is 3.19. The fourth-order valence-corrected chi connectivity index (χ4v) is 2.18. The monoisotopic (exact) mass is 204 g/mol. The smallest absolute Gasteiger partial charge is 0.132 e. The Morgan fingerprint density at radius 2 is 1.87 bits per heavy atom. The van der Waals surface area contributed by atoms with E-state index in [1.807, 2.05) is 12.1 Å². The Labute approximate surface area is 89.7 Å². The van der Waals surface area contributed by atoms with Gasteiger partial charge in [0.15, 0.2) is 0 Å². The minimum Gasteiger partial charge on any atom is -0.324 e. The largest absolute Gasteiger partial charge is 0.324 e. The normalized spacial score (nSPS) is 20.2. The highest BCUT2D eigenvalue weighted by Crippen LogP contribution is 2.31. The van der Waals surface area contributed by atoms with Crippen LogP contribution in [0.2, 0.25) is 0 Å². The zero-order chi connectivity index (χ0) is 10.7. The molecule has 1 aromatic heterocycles. The summed E-state index contributed by atoms with van der Waals surface area (Å²) in [5.74, 6) is 0.832. The first-order valence-electron chi connectivity index (χ1n) is 5.44. The molecule has 15 heavy (non-hydrogen) atoms. The third kappa shape index (κ3) is 2.42. The molecule has 1 atom stereocenters. The van der Waals surface area contributed by atoms with Crippen LogP contribution < -0.4 is 5.73 Å². The van der Waals surface area contributed by atoms with E-state index < -0.39 is 0 Å². The number of pyridine rings is 1. The summed E-state index contributed by atoms with van der Waals surface area (Å²) in [5.41, 5.74) is 7.31. The molecule has 2 N–H and O–H groups in total. The van der Waals surface area contributed by atoms with E-state index >= 15 is 0 Å². The van der Waals surface area contributed by atoms with Crippen LogP contribution in [-0.4, -0.2) is 10.8 Å². The van der Waals surface area contributed by atoms with E-state index in [9.17, 15) is 4.79 Å². The molecular formula is C12H16N2O. The first-order chi connectivity index (χ1) is 7.27. The lowest BCUT2D eigenvalue weighted by Crippen LogP contribution is -2.26. The predicted octanol–water partition coefficient (Wildman–Crippen LogP) is 1.84. The van der Waals surface area contributed by atoms with Gasteiger partial charge in [0.2, 0.25) is 0 Å². The summed E-state index contributed by atoms with van der Waals surface area (Å²) < 4.78 is 0. The maximum Gasteiger partial charge on any atom is 0.132 e. The SMILES string of the molecule is NC(c1ccncc1)C1CCC(=O)CC1. The van der Waals surface area contributed by atoms with Gasteiger partial charge < -0.3 is 5.73 Å². The molecule has 2 rings (SSSR count). The van der Waals surface area contributed by atoms with Crippen LogP contribution in [0.3, 0.4) is 0 Å². The molecule has 1 heterocycles. The average Bonchev–Trinajstić information content (AvgIpc) is 2.30. The zero-order valence-corrected chi connectivity index (χ0v) is 8.73. The fourth-order valence-electron chi connectivity index (χ4n) is 2.18. The van der Waals surface area contributed by atoms with E-state index in [0.29, 0.717) is 24.5 Å². The van der Waals surface area contributed by atoms with Gasteiger partial charge in [0, 0.05) is 31.3 Å². The molecule has 1 saturated carbocycles. The molecule has 0 spiro atoms. The van der Waals surface area contributed by atoms with Crippen molar-refractivity contribution in [3.63, 3.8) is 0 Å². The summed E-state index contributed by atoms with van der Waals surface area (Å²) in [7, 11) is 0. The van der Waals surface area contributed by atoms with Crippen LogP contribution in [0, 0.1) is 5.92 Å². The summed E-state index contributed by atoms with van der Waals surface area (Å²) in [6.45, 7) is 0. The van der Waals surface area contributed by atoms with Crippen LogP contribution in [0.15, 0.2) is 24.5 Å². The number of ketones is 1. The first kappa shape index (κ1) is 10.3. The Kier molecular flexibility index (Phi) is 3.11. The number of hydrogen-bond donors (Lipinski definition) is 1. The highest BCUT2D eigenvalue weighted by Gasteiger charge is 2.24. The number of carbonyl (C=O) groups is 1. The highest BCUT2D eigenvalue weighted by molar-refractivity contribution is 5.79. The molecule has 80 valence electrons. The molecule has 3 heteroatoms. The quantitative estimate of drug-likeness (QED) is 0.799. The van der Waals surface area contributed by atoms with Gasteiger partial charge in [0.05, 0.1) is 0 Å².